The molecule has 0 aromatic heterocycles. The van der Waals surface area contributed by atoms with E-state index in [0.29, 0.717) is 0 Å². The lowest BCUT2D eigenvalue weighted by Crippen LogP contribution is -2.30. The Morgan fingerprint density at radius 3 is 2.60 bits per heavy atom. The molecular weight excluding hydrogens is 306 g/mol. The van der Waals surface area contributed by atoms with Gasteiger partial charge in [-0.3, -0.25) is 0 Å². The van der Waals surface area contributed by atoms with Gasteiger partial charge in [0, 0.05) is 18.7 Å². The Balaban J connectivity index is 2.99. The minimum absolute atomic E-state index is 0.109. The molecule has 1 unspecified atom stereocenters. The van der Waals surface area contributed by atoms with E-state index in [-0.39, 0.29) is 12.5 Å². The van der Waals surface area contributed by atoms with Crippen LogP contribution in [0.15, 0.2) is 17.0 Å². The van der Waals surface area contributed by atoms with Crippen LogP contribution in [0.2, 0.25) is 0 Å². The van der Waals surface area contributed by atoms with Crippen molar-refractivity contribution in [2.45, 2.75) is 18.4 Å². The average Bonchev–Trinajstić information content (AvgIpc) is 2.37. The first-order valence-electron chi connectivity index (χ1n) is 5.99. The SMILES string of the molecule is CSCC(C)CNS(=O)(=O)c1ccc(F)c(CN)c1F. The molecule has 0 saturated heterocycles. The Morgan fingerprint density at radius 2 is 2.05 bits per heavy atom. The van der Waals surface area contributed by atoms with Crippen LogP contribution in [0, 0.1) is 17.6 Å². The first-order chi connectivity index (χ1) is 9.33. The smallest absolute Gasteiger partial charge is 0.243 e. The average molecular weight is 324 g/mol. The largest absolute Gasteiger partial charge is 0.326 e. The molecule has 0 aliphatic carbocycles. The van der Waals surface area contributed by atoms with Crippen LogP contribution in [0.3, 0.4) is 0 Å². The fourth-order valence-corrected chi connectivity index (χ4v) is 3.60. The summed E-state index contributed by atoms with van der Waals surface area (Å²) in [6, 6.07) is 1.82. The first kappa shape index (κ1) is 17.4. The highest BCUT2D eigenvalue weighted by Crippen LogP contribution is 2.20. The van der Waals surface area contributed by atoms with Gasteiger partial charge >= 0.3 is 0 Å². The third-order valence-electron chi connectivity index (χ3n) is 2.72. The molecular formula is C12H18F2N2O2S2. The molecule has 0 fully saturated rings. The summed E-state index contributed by atoms with van der Waals surface area (Å²) in [6.45, 7) is 1.67. The van der Waals surface area contributed by atoms with Crippen molar-refractivity contribution in [2.24, 2.45) is 11.7 Å². The number of thioether (sulfide) groups is 1. The van der Waals surface area contributed by atoms with Crippen molar-refractivity contribution in [3.63, 3.8) is 0 Å². The zero-order chi connectivity index (χ0) is 15.3. The molecule has 1 atom stereocenters. The van der Waals surface area contributed by atoms with Crippen LogP contribution < -0.4 is 10.5 Å². The Labute approximate surface area is 122 Å². The molecule has 1 aromatic rings. The standard InChI is InChI=1S/C12H18F2N2O2S2/c1-8(7-19-2)6-16-20(17,18)11-4-3-10(13)9(5-15)12(11)14/h3-4,8,16H,5-7,15H2,1-2H3. The summed E-state index contributed by atoms with van der Waals surface area (Å²) in [5, 5.41) is 0. The lowest BCUT2D eigenvalue weighted by atomic mass is 10.2. The Bertz CT molecular complexity index is 565. The molecule has 114 valence electrons. The van der Waals surface area contributed by atoms with E-state index in [2.05, 4.69) is 4.72 Å². The highest BCUT2D eigenvalue weighted by Gasteiger charge is 2.23. The molecule has 0 amide bonds. The zero-order valence-electron chi connectivity index (χ0n) is 11.3. The highest BCUT2D eigenvalue weighted by molar-refractivity contribution is 7.98. The van der Waals surface area contributed by atoms with Crippen LogP contribution in [-0.4, -0.2) is 27.0 Å². The summed E-state index contributed by atoms with van der Waals surface area (Å²) in [7, 11) is -4.01. The Morgan fingerprint density at radius 1 is 1.40 bits per heavy atom. The van der Waals surface area contributed by atoms with Gasteiger partial charge in [-0.25, -0.2) is 21.9 Å². The van der Waals surface area contributed by atoms with E-state index in [1.165, 1.54) is 0 Å². The molecule has 0 bridgehead atoms. The van der Waals surface area contributed by atoms with Gasteiger partial charge < -0.3 is 5.73 Å². The Hall–Kier alpha value is -0.700. The van der Waals surface area contributed by atoms with Gasteiger partial charge in [0.05, 0.1) is 0 Å². The first-order valence-corrected chi connectivity index (χ1v) is 8.86. The quantitative estimate of drug-likeness (QED) is 0.801. The lowest BCUT2D eigenvalue weighted by Gasteiger charge is -2.13. The molecule has 0 aliphatic heterocycles. The fourth-order valence-electron chi connectivity index (χ4n) is 1.64. The van der Waals surface area contributed by atoms with E-state index in [1.54, 1.807) is 11.8 Å². The number of benzene rings is 1. The molecule has 1 rings (SSSR count). The van der Waals surface area contributed by atoms with Crippen molar-refractivity contribution >= 4 is 21.8 Å². The maximum Gasteiger partial charge on any atom is 0.243 e. The molecule has 20 heavy (non-hydrogen) atoms. The molecule has 0 saturated carbocycles. The molecule has 0 spiro atoms. The van der Waals surface area contributed by atoms with Gasteiger partial charge in [0.2, 0.25) is 10.0 Å². The molecule has 4 nitrogen and oxygen atoms in total. The summed E-state index contributed by atoms with van der Waals surface area (Å²) >= 11 is 1.59. The summed E-state index contributed by atoms with van der Waals surface area (Å²) in [5.74, 6) is -1.09. The lowest BCUT2D eigenvalue weighted by molar-refractivity contribution is 0.521. The van der Waals surface area contributed by atoms with Crippen LogP contribution in [0.5, 0.6) is 0 Å². The molecule has 0 heterocycles. The van der Waals surface area contributed by atoms with Crippen molar-refractivity contribution in [2.75, 3.05) is 18.6 Å². The fraction of sp³-hybridized carbons (Fsp3) is 0.500. The third kappa shape index (κ3) is 4.15. The second kappa shape index (κ2) is 7.35. The zero-order valence-corrected chi connectivity index (χ0v) is 13.0. The topological polar surface area (TPSA) is 72.2 Å². The number of hydrogen-bond acceptors (Lipinski definition) is 4. The summed E-state index contributed by atoms with van der Waals surface area (Å²) in [5.41, 5.74) is 4.80. The molecule has 8 heteroatoms. The number of nitrogens with two attached hydrogens (primary N) is 1. The van der Waals surface area contributed by atoms with Gasteiger partial charge in [-0.2, -0.15) is 11.8 Å². The molecule has 1 aromatic carbocycles. The predicted octanol–water partition coefficient (Wildman–Crippen LogP) is 1.70. The summed E-state index contributed by atoms with van der Waals surface area (Å²) in [4.78, 5) is -0.573. The number of sulfonamides is 1. The van der Waals surface area contributed by atoms with Gasteiger partial charge in [0.15, 0.2) is 5.82 Å². The second-order valence-electron chi connectivity index (χ2n) is 4.45. The molecule has 0 radical (unpaired) electrons. The van der Waals surface area contributed by atoms with Crippen LogP contribution in [0.1, 0.15) is 12.5 Å². The summed E-state index contributed by atoms with van der Waals surface area (Å²) < 4.78 is 53.6. The van der Waals surface area contributed by atoms with Crippen LogP contribution >= 0.6 is 11.8 Å². The van der Waals surface area contributed by atoms with Gasteiger partial charge in [-0.15, -0.1) is 0 Å². The van der Waals surface area contributed by atoms with Crippen LogP contribution in [-0.2, 0) is 16.6 Å². The van der Waals surface area contributed by atoms with Crippen LogP contribution in [0.25, 0.3) is 0 Å². The second-order valence-corrected chi connectivity index (χ2v) is 7.10. The van der Waals surface area contributed by atoms with E-state index in [1.807, 2.05) is 13.2 Å². The number of nitrogens with one attached hydrogen (secondary N) is 1. The van der Waals surface area contributed by atoms with Crippen molar-refractivity contribution in [3.8, 4) is 0 Å². The van der Waals surface area contributed by atoms with E-state index >= 15 is 0 Å². The van der Waals surface area contributed by atoms with Gasteiger partial charge in [-0.1, -0.05) is 6.92 Å². The van der Waals surface area contributed by atoms with Crippen molar-refractivity contribution in [3.05, 3.63) is 29.3 Å². The number of halogens is 2. The third-order valence-corrected chi connectivity index (χ3v) is 5.06. The Kier molecular flexibility index (Phi) is 6.38. The molecule has 3 N–H and O–H groups in total. The predicted molar refractivity (Wildman–Crippen MR) is 77.0 cm³/mol. The van der Waals surface area contributed by atoms with Crippen molar-refractivity contribution < 1.29 is 17.2 Å². The van der Waals surface area contributed by atoms with E-state index in [4.69, 9.17) is 5.73 Å². The highest BCUT2D eigenvalue weighted by atomic mass is 32.2. The monoisotopic (exact) mass is 324 g/mol. The van der Waals surface area contributed by atoms with Gasteiger partial charge in [0.25, 0.3) is 0 Å². The normalized spacial score (nSPS) is 13.4. The van der Waals surface area contributed by atoms with E-state index < -0.39 is 38.7 Å². The number of hydrogen-bond donors (Lipinski definition) is 2. The number of rotatable bonds is 7. The van der Waals surface area contributed by atoms with Gasteiger partial charge in [0.1, 0.15) is 10.7 Å². The minimum Gasteiger partial charge on any atom is -0.326 e. The maximum atomic E-state index is 14.0. The van der Waals surface area contributed by atoms with Crippen molar-refractivity contribution in [1.29, 1.82) is 0 Å². The molecule has 0 aliphatic rings. The summed E-state index contributed by atoms with van der Waals surface area (Å²) in [6.07, 6.45) is 1.91. The maximum absolute atomic E-state index is 14.0. The van der Waals surface area contributed by atoms with E-state index in [9.17, 15) is 17.2 Å². The minimum atomic E-state index is -4.01. The van der Waals surface area contributed by atoms with Crippen LogP contribution in [0.4, 0.5) is 8.78 Å². The van der Waals surface area contributed by atoms with E-state index in [0.717, 1.165) is 17.9 Å². The van der Waals surface area contributed by atoms with Gasteiger partial charge in [-0.05, 0) is 30.1 Å². The van der Waals surface area contributed by atoms with Crippen molar-refractivity contribution in [1.82, 2.24) is 4.72 Å².